The first-order valence-electron chi connectivity index (χ1n) is 1.13. The number of hydrogen-bond donors (Lipinski definition) is 0. The molecular weight excluding hydrogens is 220 g/mol. The van der Waals surface area contributed by atoms with E-state index in [1.165, 1.54) is 0 Å². The average Bonchev–Trinajstić information content (AvgIpc) is 1.31. The highest BCUT2D eigenvalue weighted by molar-refractivity contribution is 8.07. The Balaban J connectivity index is 3.54. The molecule has 0 aromatic carbocycles. The monoisotopic (exact) mass is 218 g/mol. The Morgan fingerprint density at radius 3 is 1.14 bits per heavy atom. The maximum absolute atomic E-state index is 5.19. The van der Waals surface area contributed by atoms with Gasteiger partial charge in [0.2, 0.25) is 3.53 Å². The minimum atomic E-state index is -1.50. The van der Waals surface area contributed by atoms with Gasteiger partial charge in [-0.3, -0.25) is 0 Å². The molecule has 0 nitrogen and oxygen atoms in total. The average molecular weight is 220 g/mol. The molecule has 0 saturated heterocycles. The summed E-state index contributed by atoms with van der Waals surface area (Å²) >= 11 is 25.9. The summed E-state index contributed by atoms with van der Waals surface area (Å²) in [4.78, 5) is 0. The highest BCUT2D eigenvalue weighted by Crippen LogP contribution is 2.65. The second kappa shape index (κ2) is 3.15. The summed E-state index contributed by atoms with van der Waals surface area (Å²) in [6.07, 6.45) is 0. The van der Waals surface area contributed by atoms with Crippen LogP contribution in [0.15, 0.2) is 0 Å². The van der Waals surface area contributed by atoms with Gasteiger partial charge >= 0.3 is 0 Å². The number of alkyl halides is 3. The summed E-state index contributed by atoms with van der Waals surface area (Å²) in [6, 6.07) is 0. The van der Waals surface area contributed by atoms with Gasteiger partial charge in [0.25, 0.3) is 0 Å². The van der Waals surface area contributed by atoms with Crippen LogP contribution in [0.1, 0.15) is 0 Å². The Morgan fingerprint density at radius 2 is 1.14 bits per heavy atom. The van der Waals surface area contributed by atoms with Crippen molar-refractivity contribution in [2.24, 2.45) is 0 Å². The lowest BCUT2D eigenvalue weighted by Crippen LogP contribution is -1.88. The minimum Gasteiger partial charge on any atom is -0.0760 e. The largest absolute Gasteiger partial charge is 0.236 e. The van der Waals surface area contributed by atoms with Crippen LogP contribution in [0.2, 0.25) is 0 Å². The Bertz CT molecular complexity index is 53.6. The fourth-order valence-corrected chi connectivity index (χ4v) is 0. The van der Waals surface area contributed by atoms with Crippen LogP contribution >= 0.6 is 63.9 Å². The van der Waals surface area contributed by atoms with E-state index < -0.39 is 10.2 Å². The summed E-state index contributed by atoms with van der Waals surface area (Å²) < 4.78 is -1.49. The first-order chi connectivity index (χ1) is 2.94. The zero-order valence-corrected chi connectivity index (χ0v) is 7.51. The summed E-state index contributed by atoms with van der Waals surface area (Å²) in [6.45, 7) is -1.50. The van der Waals surface area contributed by atoms with Gasteiger partial charge in [0.05, 0.1) is 0 Å². The Labute approximate surface area is 67.3 Å². The lowest BCUT2D eigenvalue weighted by molar-refractivity contribution is 1.78. The quantitative estimate of drug-likeness (QED) is 0.426. The molecule has 0 fully saturated rings. The molecular formula is CCl5P. The van der Waals surface area contributed by atoms with Crippen molar-refractivity contribution in [3.8, 4) is 0 Å². The molecule has 44 valence electrons. The van der Waals surface area contributed by atoms with Gasteiger partial charge in [0, 0.05) is 0 Å². The molecule has 0 aliphatic rings. The summed E-state index contributed by atoms with van der Waals surface area (Å²) in [5.74, 6) is 0. The fourth-order valence-electron chi connectivity index (χ4n) is 0. The second-order valence-electron chi connectivity index (χ2n) is 0.701. The van der Waals surface area contributed by atoms with Crippen molar-refractivity contribution in [3.05, 3.63) is 0 Å². The van der Waals surface area contributed by atoms with E-state index in [1.54, 1.807) is 0 Å². The van der Waals surface area contributed by atoms with Gasteiger partial charge in [0.15, 0.2) is 0 Å². The molecule has 7 heavy (non-hydrogen) atoms. The van der Waals surface area contributed by atoms with Crippen molar-refractivity contribution in [3.63, 3.8) is 0 Å². The summed E-state index contributed by atoms with van der Waals surface area (Å²) in [5, 5.41) is 0. The Morgan fingerprint density at radius 1 is 1.00 bits per heavy atom. The van der Waals surface area contributed by atoms with Gasteiger partial charge in [-0.2, -0.15) is 0 Å². The molecule has 0 amide bonds. The molecule has 0 aliphatic carbocycles. The Hall–Kier alpha value is 1.88. The predicted octanol–water partition coefficient (Wildman–Crippen LogP) is 4.10. The van der Waals surface area contributed by atoms with Crippen LogP contribution in [-0.2, 0) is 0 Å². The summed E-state index contributed by atoms with van der Waals surface area (Å²) in [7, 11) is 0. The topological polar surface area (TPSA) is 0 Å². The number of hydrogen-bond acceptors (Lipinski definition) is 0. The smallest absolute Gasteiger partial charge is 0.0760 e. The van der Waals surface area contributed by atoms with Crippen LogP contribution in [0.25, 0.3) is 0 Å². The molecule has 6 heteroatoms. The standard InChI is InChI=1S/CCl5P/c2-1(3,4)7(5)6. The van der Waals surface area contributed by atoms with E-state index in [9.17, 15) is 0 Å². The van der Waals surface area contributed by atoms with Crippen molar-refractivity contribution in [2.75, 3.05) is 0 Å². The first-order valence-corrected chi connectivity index (χ1v) is 5.41. The second-order valence-corrected chi connectivity index (χ2v) is 7.46. The molecule has 0 radical (unpaired) electrons. The van der Waals surface area contributed by atoms with E-state index in [4.69, 9.17) is 57.3 Å². The van der Waals surface area contributed by atoms with Gasteiger partial charge in [-0.1, -0.05) is 57.3 Å². The maximum Gasteiger partial charge on any atom is 0.236 e. The predicted molar refractivity (Wildman–Crippen MR) is 38.9 cm³/mol. The lowest BCUT2D eigenvalue weighted by Gasteiger charge is -2.08. The van der Waals surface area contributed by atoms with Crippen molar-refractivity contribution in [2.45, 2.75) is 3.53 Å². The van der Waals surface area contributed by atoms with Gasteiger partial charge in [0.1, 0.15) is 6.63 Å². The van der Waals surface area contributed by atoms with Crippen LogP contribution in [0.4, 0.5) is 0 Å². The summed E-state index contributed by atoms with van der Waals surface area (Å²) in [5.41, 5.74) is 0. The SMILES string of the molecule is ClP(Cl)C(Cl)(Cl)Cl. The molecule has 0 N–H and O–H groups in total. The van der Waals surface area contributed by atoms with E-state index >= 15 is 0 Å². The normalized spacial score (nSPS) is 12.9. The zero-order chi connectivity index (χ0) is 6.08. The third kappa shape index (κ3) is 4.39. The van der Waals surface area contributed by atoms with E-state index in [2.05, 4.69) is 0 Å². The molecule has 0 saturated carbocycles. The van der Waals surface area contributed by atoms with Gasteiger partial charge in [-0.15, -0.1) is 0 Å². The highest BCUT2D eigenvalue weighted by Gasteiger charge is 2.28. The van der Waals surface area contributed by atoms with Crippen molar-refractivity contribution in [1.82, 2.24) is 0 Å². The van der Waals surface area contributed by atoms with Crippen LogP contribution in [0.5, 0.6) is 0 Å². The van der Waals surface area contributed by atoms with Gasteiger partial charge in [-0.05, 0) is 0 Å². The third-order valence-corrected chi connectivity index (χ3v) is 5.17. The molecule has 0 atom stereocenters. The zero-order valence-electron chi connectivity index (χ0n) is 2.84. The van der Waals surface area contributed by atoms with Gasteiger partial charge < -0.3 is 0 Å². The van der Waals surface area contributed by atoms with E-state index in [1.807, 2.05) is 0 Å². The van der Waals surface area contributed by atoms with Crippen molar-refractivity contribution in [1.29, 1.82) is 0 Å². The minimum absolute atomic E-state index is 1.49. The van der Waals surface area contributed by atoms with E-state index in [0.717, 1.165) is 0 Å². The number of halogens is 5. The molecule has 0 heterocycles. The van der Waals surface area contributed by atoms with E-state index in [-0.39, 0.29) is 0 Å². The fraction of sp³-hybridized carbons (Fsp3) is 1.00. The molecule has 0 unspecified atom stereocenters. The highest BCUT2D eigenvalue weighted by atomic mass is 35.9. The molecule has 0 aliphatic heterocycles. The van der Waals surface area contributed by atoms with Crippen molar-refractivity contribution >= 4 is 63.9 Å². The molecule has 0 rings (SSSR count). The molecule has 0 aromatic heterocycles. The van der Waals surface area contributed by atoms with Crippen LogP contribution < -0.4 is 0 Å². The molecule has 0 aromatic rings. The molecule has 0 spiro atoms. The first kappa shape index (κ1) is 8.88. The van der Waals surface area contributed by atoms with Crippen molar-refractivity contribution < 1.29 is 0 Å². The lowest BCUT2D eigenvalue weighted by atomic mass is 11.8. The van der Waals surface area contributed by atoms with Crippen LogP contribution in [0, 0.1) is 0 Å². The number of rotatable bonds is 0. The van der Waals surface area contributed by atoms with Gasteiger partial charge in [-0.25, -0.2) is 0 Å². The van der Waals surface area contributed by atoms with Crippen LogP contribution in [-0.4, -0.2) is 3.53 Å². The van der Waals surface area contributed by atoms with E-state index in [0.29, 0.717) is 0 Å². The Kier molecular flexibility index (Phi) is 4.00. The maximum atomic E-state index is 5.19. The molecule has 0 bridgehead atoms. The van der Waals surface area contributed by atoms with Crippen LogP contribution in [0.3, 0.4) is 0 Å². The third-order valence-electron chi connectivity index (χ3n) is 0.192.